The molecule has 1 aromatic heterocycles. The Morgan fingerprint density at radius 1 is 1.61 bits per heavy atom. The fourth-order valence-corrected chi connectivity index (χ4v) is 1.64. The van der Waals surface area contributed by atoms with Crippen LogP contribution in [0, 0.1) is 0 Å². The molecule has 0 aliphatic heterocycles. The molecule has 0 unspecified atom stereocenters. The van der Waals surface area contributed by atoms with Crippen molar-refractivity contribution in [1.82, 2.24) is 19.8 Å². The number of aromatic nitrogens is 2. The Morgan fingerprint density at radius 3 is 2.83 bits per heavy atom. The lowest BCUT2D eigenvalue weighted by molar-refractivity contribution is 0.203. The molecule has 1 heterocycles. The fourth-order valence-electron chi connectivity index (χ4n) is 1.64. The van der Waals surface area contributed by atoms with E-state index in [0.29, 0.717) is 19.6 Å². The van der Waals surface area contributed by atoms with Gasteiger partial charge in [-0.1, -0.05) is 12.2 Å². The molecule has 100 valence electrons. The van der Waals surface area contributed by atoms with Gasteiger partial charge in [0.2, 0.25) is 0 Å². The van der Waals surface area contributed by atoms with Crippen LogP contribution in [0.15, 0.2) is 30.9 Å². The molecule has 0 aliphatic carbocycles. The van der Waals surface area contributed by atoms with E-state index in [0.717, 1.165) is 5.57 Å². The summed E-state index contributed by atoms with van der Waals surface area (Å²) in [7, 11) is 0. The van der Waals surface area contributed by atoms with E-state index < -0.39 is 0 Å². The van der Waals surface area contributed by atoms with Gasteiger partial charge in [0, 0.05) is 38.1 Å². The number of rotatable bonds is 6. The van der Waals surface area contributed by atoms with E-state index in [2.05, 4.69) is 16.9 Å². The van der Waals surface area contributed by atoms with Crippen molar-refractivity contribution in [3.8, 4) is 0 Å². The van der Waals surface area contributed by atoms with E-state index in [4.69, 9.17) is 0 Å². The number of carbonyl (C=O) groups is 1. The molecule has 0 radical (unpaired) electrons. The first-order chi connectivity index (χ1) is 8.54. The third kappa shape index (κ3) is 4.24. The quantitative estimate of drug-likeness (QED) is 0.786. The molecule has 5 nitrogen and oxygen atoms in total. The van der Waals surface area contributed by atoms with Crippen LogP contribution in [0.25, 0.3) is 0 Å². The zero-order chi connectivity index (χ0) is 13.5. The Kier molecular flexibility index (Phi) is 5.42. The second-order valence-corrected chi connectivity index (χ2v) is 4.52. The molecule has 1 N–H and O–H groups in total. The van der Waals surface area contributed by atoms with Crippen molar-refractivity contribution >= 4 is 6.03 Å². The summed E-state index contributed by atoms with van der Waals surface area (Å²) in [4.78, 5) is 17.7. The molecule has 0 aromatic carbocycles. The third-order valence-electron chi connectivity index (χ3n) is 2.71. The summed E-state index contributed by atoms with van der Waals surface area (Å²) in [5, 5.41) is 2.92. The van der Waals surface area contributed by atoms with Crippen molar-refractivity contribution in [1.29, 1.82) is 0 Å². The zero-order valence-corrected chi connectivity index (χ0v) is 11.4. The molecule has 0 aliphatic rings. The Labute approximate surface area is 109 Å². The fraction of sp³-hybridized carbons (Fsp3) is 0.538. The molecule has 5 heteroatoms. The summed E-state index contributed by atoms with van der Waals surface area (Å²) >= 11 is 0. The Balaban J connectivity index is 2.42. The van der Waals surface area contributed by atoms with Crippen molar-refractivity contribution in [2.24, 2.45) is 0 Å². The highest BCUT2D eigenvalue weighted by Gasteiger charge is 2.12. The average Bonchev–Trinajstić information content (AvgIpc) is 2.86. The summed E-state index contributed by atoms with van der Waals surface area (Å²) in [6.45, 7) is 11.6. The molecule has 0 bridgehead atoms. The van der Waals surface area contributed by atoms with E-state index in [1.807, 2.05) is 31.5 Å². The van der Waals surface area contributed by atoms with Crippen molar-refractivity contribution < 1.29 is 4.79 Å². The lowest BCUT2D eigenvalue weighted by atomic mass is 10.3. The standard InChI is InChI=1S/C13H22N4O/c1-5-16(9-11(2)3)13(18)15-8-12(4)17-7-6-14-10-17/h6-7,10,12H,2,5,8-9H2,1,3-4H3,(H,15,18)/t12-/m1/s1. The SMILES string of the molecule is C=C(C)CN(CC)C(=O)NC[C@@H](C)n1ccnc1. The van der Waals surface area contributed by atoms with Gasteiger partial charge in [-0.25, -0.2) is 9.78 Å². The van der Waals surface area contributed by atoms with Crippen LogP contribution in [-0.2, 0) is 0 Å². The molecule has 2 amide bonds. The molecule has 0 saturated carbocycles. The van der Waals surface area contributed by atoms with Gasteiger partial charge in [-0.2, -0.15) is 0 Å². The minimum Gasteiger partial charge on any atom is -0.336 e. The van der Waals surface area contributed by atoms with Crippen LogP contribution >= 0.6 is 0 Å². The monoisotopic (exact) mass is 250 g/mol. The molecule has 0 saturated heterocycles. The lowest BCUT2D eigenvalue weighted by Crippen LogP contribution is -2.42. The van der Waals surface area contributed by atoms with Crippen LogP contribution in [0.5, 0.6) is 0 Å². The summed E-state index contributed by atoms with van der Waals surface area (Å²) in [6.07, 6.45) is 5.38. The van der Waals surface area contributed by atoms with Gasteiger partial charge < -0.3 is 14.8 Å². The minimum atomic E-state index is -0.0486. The van der Waals surface area contributed by atoms with Crippen molar-refractivity contribution in [2.75, 3.05) is 19.6 Å². The Bertz CT molecular complexity index is 386. The van der Waals surface area contributed by atoms with Crippen LogP contribution in [-0.4, -0.2) is 40.1 Å². The van der Waals surface area contributed by atoms with Gasteiger partial charge in [0.25, 0.3) is 0 Å². The number of imidazole rings is 1. The predicted octanol–water partition coefficient (Wildman–Crippen LogP) is 2.05. The van der Waals surface area contributed by atoms with Gasteiger partial charge in [0.1, 0.15) is 0 Å². The second-order valence-electron chi connectivity index (χ2n) is 4.52. The summed E-state index contributed by atoms with van der Waals surface area (Å²) in [6, 6.07) is 0.146. The van der Waals surface area contributed by atoms with Gasteiger partial charge in [0.05, 0.1) is 6.33 Å². The number of nitrogens with zero attached hydrogens (tertiary/aromatic N) is 3. The molecule has 18 heavy (non-hydrogen) atoms. The second kappa shape index (κ2) is 6.83. The summed E-state index contributed by atoms with van der Waals surface area (Å²) in [5.41, 5.74) is 0.981. The number of nitrogens with one attached hydrogen (secondary N) is 1. The van der Waals surface area contributed by atoms with Gasteiger partial charge >= 0.3 is 6.03 Å². The maximum absolute atomic E-state index is 11.9. The van der Waals surface area contributed by atoms with Crippen molar-refractivity contribution in [3.63, 3.8) is 0 Å². The van der Waals surface area contributed by atoms with E-state index >= 15 is 0 Å². The number of hydrogen-bond donors (Lipinski definition) is 1. The molecule has 0 spiro atoms. The van der Waals surface area contributed by atoms with E-state index in [1.165, 1.54) is 0 Å². The van der Waals surface area contributed by atoms with Crippen molar-refractivity contribution in [3.05, 3.63) is 30.9 Å². The van der Waals surface area contributed by atoms with Crippen LogP contribution in [0.4, 0.5) is 4.79 Å². The molecule has 1 aromatic rings. The van der Waals surface area contributed by atoms with Gasteiger partial charge in [-0.15, -0.1) is 0 Å². The average molecular weight is 250 g/mol. The zero-order valence-electron chi connectivity index (χ0n) is 11.4. The predicted molar refractivity (Wildman–Crippen MR) is 72.4 cm³/mol. The number of amides is 2. The maximum atomic E-state index is 11.9. The molecule has 1 atom stereocenters. The van der Waals surface area contributed by atoms with Gasteiger partial charge in [0.15, 0.2) is 0 Å². The smallest absolute Gasteiger partial charge is 0.317 e. The highest BCUT2D eigenvalue weighted by molar-refractivity contribution is 5.74. The number of likely N-dealkylation sites (N-methyl/N-ethyl adjacent to an activating group) is 1. The number of carbonyl (C=O) groups excluding carboxylic acids is 1. The van der Waals surface area contributed by atoms with Crippen LogP contribution in [0.2, 0.25) is 0 Å². The summed E-state index contributed by atoms with van der Waals surface area (Å²) < 4.78 is 1.97. The first-order valence-corrected chi connectivity index (χ1v) is 6.19. The van der Waals surface area contributed by atoms with Gasteiger partial charge in [-0.3, -0.25) is 0 Å². The highest BCUT2D eigenvalue weighted by atomic mass is 16.2. The third-order valence-corrected chi connectivity index (χ3v) is 2.71. The Morgan fingerprint density at radius 2 is 2.33 bits per heavy atom. The van der Waals surface area contributed by atoms with Crippen molar-refractivity contribution in [2.45, 2.75) is 26.8 Å². The van der Waals surface area contributed by atoms with Crippen LogP contribution in [0.1, 0.15) is 26.8 Å². The van der Waals surface area contributed by atoms with E-state index in [1.54, 1.807) is 17.4 Å². The van der Waals surface area contributed by atoms with Gasteiger partial charge in [-0.05, 0) is 20.8 Å². The first-order valence-electron chi connectivity index (χ1n) is 6.19. The maximum Gasteiger partial charge on any atom is 0.317 e. The molecule has 1 rings (SSSR count). The van der Waals surface area contributed by atoms with E-state index in [9.17, 15) is 4.79 Å². The molecular weight excluding hydrogens is 228 g/mol. The topological polar surface area (TPSA) is 50.2 Å². The van der Waals surface area contributed by atoms with E-state index in [-0.39, 0.29) is 12.1 Å². The number of hydrogen-bond acceptors (Lipinski definition) is 2. The lowest BCUT2D eigenvalue weighted by Gasteiger charge is -2.23. The molecular formula is C13H22N4O. The van der Waals surface area contributed by atoms with Crippen LogP contribution in [0.3, 0.4) is 0 Å². The summed E-state index contributed by atoms with van der Waals surface area (Å²) in [5.74, 6) is 0. The first kappa shape index (κ1) is 14.3. The Hall–Kier alpha value is -1.78. The normalized spacial score (nSPS) is 11.9. The largest absolute Gasteiger partial charge is 0.336 e. The minimum absolute atomic E-state index is 0.0486. The highest BCUT2D eigenvalue weighted by Crippen LogP contribution is 2.03. The van der Waals surface area contributed by atoms with Crippen LogP contribution < -0.4 is 5.32 Å². The number of urea groups is 1. The molecule has 0 fully saturated rings.